The van der Waals surface area contributed by atoms with Crippen LogP contribution in [0.2, 0.25) is 0 Å². The number of carbonyl (C=O) groups excluding carboxylic acids is 2. The summed E-state index contributed by atoms with van der Waals surface area (Å²) in [4.78, 5) is 23.1. The van der Waals surface area contributed by atoms with Crippen LogP contribution in [0.5, 0.6) is 0 Å². The number of rotatable bonds is 5. The molecule has 3 rings (SSSR count). The van der Waals surface area contributed by atoms with E-state index in [1.807, 2.05) is 6.07 Å². The van der Waals surface area contributed by atoms with Gasteiger partial charge in [-0.15, -0.1) is 0 Å². The van der Waals surface area contributed by atoms with E-state index >= 15 is 0 Å². The van der Waals surface area contributed by atoms with E-state index in [0.29, 0.717) is 17.1 Å². The van der Waals surface area contributed by atoms with Gasteiger partial charge >= 0.3 is 0 Å². The highest BCUT2D eigenvalue weighted by molar-refractivity contribution is 6.01. The van der Waals surface area contributed by atoms with Crippen LogP contribution in [0.15, 0.2) is 46.4 Å². The number of nitrogens with zero attached hydrogens (tertiary/aromatic N) is 1. The Labute approximate surface area is 157 Å². The van der Waals surface area contributed by atoms with Crippen LogP contribution < -0.4 is 10.4 Å². The number of furan rings is 1. The summed E-state index contributed by atoms with van der Waals surface area (Å²) in [6.45, 7) is 0. The second-order valence-electron chi connectivity index (χ2n) is 6.55. The number of nitriles is 1. The third-order valence-electron chi connectivity index (χ3n) is 4.62. The lowest BCUT2D eigenvalue weighted by Crippen LogP contribution is -2.36. The van der Waals surface area contributed by atoms with E-state index in [0.717, 1.165) is 25.7 Å². The van der Waals surface area contributed by atoms with E-state index in [9.17, 15) is 20.0 Å². The van der Waals surface area contributed by atoms with Crippen molar-refractivity contribution in [1.29, 1.82) is 5.26 Å². The molecule has 0 spiro atoms. The summed E-state index contributed by atoms with van der Waals surface area (Å²) in [7, 11) is 0. The van der Waals surface area contributed by atoms with Crippen LogP contribution in [-0.4, -0.2) is 17.9 Å². The Kier molecular flexibility index (Phi) is 5.72. The normalized spacial score (nSPS) is 15.1. The lowest BCUT2D eigenvalue weighted by atomic mass is 9.95. The molecule has 1 aromatic carbocycles. The molecule has 0 unspecified atom stereocenters. The third kappa shape index (κ3) is 4.64. The summed E-state index contributed by atoms with van der Waals surface area (Å²) in [5.41, 5.74) is 0.759. The largest absolute Gasteiger partial charge is 0.545 e. The highest BCUT2D eigenvalue weighted by Crippen LogP contribution is 2.24. The predicted octanol–water partition coefficient (Wildman–Crippen LogP) is 2.67. The molecule has 0 saturated heterocycles. The van der Waals surface area contributed by atoms with Gasteiger partial charge in [0.05, 0.1) is 5.97 Å². The van der Waals surface area contributed by atoms with Crippen molar-refractivity contribution in [3.8, 4) is 17.4 Å². The van der Waals surface area contributed by atoms with E-state index in [1.165, 1.54) is 24.6 Å². The van der Waals surface area contributed by atoms with Gasteiger partial charge < -0.3 is 19.6 Å². The quantitative estimate of drug-likeness (QED) is 0.649. The van der Waals surface area contributed by atoms with Crippen molar-refractivity contribution in [2.24, 2.45) is 0 Å². The van der Waals surface area contributed by atoms with Gasteiger partial charge in [-0.2, -0.15) is 5.26 Å². The number of hydrogen-bond donors (Lipinski definition) is 1. The third-order valence-corrected chi connectivity index (χ3v) is 4.62. The van der Waals surface area contributed by atoms with Crippen molar-refractivity contribution in [2.75, 3.05) is 0 Å². The molecule has 6 heteroatoms. The molecule has 1 N–H and O–H groups in total. The van der Waals surface area contributed by atoms with Gasteiger partial charge in [0.2, 0.25) is 0 Å². The Morgan fingerprint density at radius 2 is 1.81 bits per heavy atom. The number of carboxylic acid groups (broad SMARTS) is 1. The molecule has 0 radical (unpaired) electrons. The van der Waals surface area contributed by atoms with E-state index in [2.05, 4.69) is 5.32 Å². The molecule has 1 saturated carbocycles. The van der Waals surface area contributed by atoms with Crippen molar-refractivity contribution >= 4 is 18.0 Å². The molecule has 27 heavy (non-hydrogen) atoms. The highest BCUT2D eigenvalue weighted by Gasteiger charge is 2.18. The van der Waals surface area contributed by atoms with E-state index in [4.69, 9.17) is 4.42 Å². The molecule has 1 aromatic heterocycles. The fourth-order valence-corrected chi connectivity index (χ4v) is 3.16. The summed E-state index contributed by atoms with van der Waals surface area (Å²) in [5, 5.41) is 23.0. The highest BCUT2D eigenvalue weighted by atomic mass is 16.4. The van der Waals surface area contributed by atoms with E-state index < -0.39 is 5.97 Å². The number of amides is 1. The molecule has 2 aromatic rings. The van der Waals surface area contributed by atoms with Gasteiger partial charge in [0.1, 0.15) is 23.2 Å². The Balaban J connectivity index is 1.72. The van der Waals surface area contributed by atoms with Crippen LogP contribution in [-0.2, 0) is 4.79 Å². The summed E-state index contributed by atoms with van der Waals surface area (Å²) >= 11 is 0. The molecule has 0 aliphatic heterocycles. The fraction of sp³-hybridized carbons (Fsp3) is 0.286. The van der Waals surface area contributed by atoms with Crippen molar-refractivity contribution in [3.05, 3.63) is 53.3 Å². The summed E-state index contributed by atoms with van der Waals surface area (Å²) in [5.74, 6) is -0.742. The average Bonchev–Trinajstić information content (AvgIpc) is 3.15. The number of benzene rings is 1. The Morgan fingerprint density at radius 3 is 2.44 bits per heavy atom. The molecular formula is C21H19N2O4-. The van der Waals surface area contributed by atoms with Crippen molar-refractivity contribution < 1.29 is 19.1 Å². The second kappa shape index (κ2) is 8.37. The summed E-state index contributed by atoms with van der Waals surface area (Å²) < 4.78 is 5.67. The molecule has 1 heterocycles. The summed E-state index contributed by atoms with van der Waals surface area (Å²) in [6, 6.07) is 11.5. The first-order chi connectivity index (χ1) is 13.1. The number of carboxylic acids is 1. The summed E-state index contributed by atoms with van der Waals surface area (Å²) in [6.07, 6.45) is 6.67. The van der Waals surface area contributed by atoms with E-state index in [1.54, 1.807) is 24.3 Å². The topological polar surface area (TPSA) is 106 Å². The smallest absolute Gasteiger partial charge is 0.262 e. The average molecular weight is 363 g/mol. The van der Waals surface area contributed by atoms with Gasteiger partial charge in [-0.3, -0.25) is 4.79 Å². The molecule has 1 amide bonds. The molecule has 138 valence electrons. The van der Waals surface area contributed by atoms with Crippen LogP contribution in [0, 0.1) is 11.3 Å². The van der Waals surface area contributed by atoms with Crippen molar-refractivity contribution in [1.82, 2.24) is 5.32 Å². The van der Waals surface area contributed by atoms with Crippen LogP contribution in [0.1, 0.15) is 48.2 Å². The van der Waals surface area contributed by atoms with Gasteiger partial charge in [-0.25, -0.2) is 0 Å². The lowest BCUT2D eigenvalue weighted by Gasteiger charge is -2.22. The maximum absolute atomic E-state index is 12.3. The monoisotopic (exact) mass is 363 g/mol. The van der Waals surface area contributed by atoms with Gasteiger partial charge in [-0.05, 0) is 30.5 Å². The molecule has 0 atom stereocenters. The van der Waals surface area contributed by atoms with Crippen molar-refractivity contribution in [2.45, 2.75) is 38.1 Å². The van der Waals surface area contributed by atoms with Gasteiger partial charge in [0.15, 0.2) is 0 Å². The second-order valence-corrected chi connectivity index (χ2v) is 6.55. The first-order valence-corrected chi connectivity index (χ1v) is 8.91. The van der Waals surface area contributed by atoms with Crippen LogP contribution in [0.25, 0.3) is 17.4 Å². The van der Waals surface area contributed by atoms with Crippen LogP contribution in [0.3, 0.4) is 0 Å². The molecule has 1 aliphatic carbocycles. The van der Waals surface area contributed by atoms with Gasteiger partial charge in [0, 0.05) is 17.7 Å². The predicted molar refractivity (Wildman–Crippen MR) is 97.1 cm³/mol. The Morgan fingerprint density at radius 1 is 1.11 bits per heavy atom. The molecule has 0 bridgehead atoms. The molecule has 1 fully saturated rings. The lowest BCUT2D eigenvalue weighted by molar-refractivity contribution is -0.255. The zero-order valence-electron chi connectivity index (χ0n) is 14.7. The maximum atomic E-state index is 12.3. The minimum absolute atomic E-state index is 0.00577. The fourth-order valence-electron chi connectivity index (χ4n) is 3.16. The van der Waals surface area contributed by atoms with Gasteiger partial charge in [-0.1, -0.05) is 43.5 Å². The molecule has 6 nitrogen and oxygen atoms in total. The SMILES string of the molecule is N#C/C(=C\c1ccc(-c2ccc(C(=O)[O-])cc2)o1)C(=O)NC1CCCCC1. The van der Waals surface area contributed by atoms with Crippen LogP contribution >= 0.6 is 0 Å². The molecular weight excluding hydrogens is 344 g/mol. The number of carbonyl (C=O) groups is 2. The van der Waals surface area contributed by atoms with E-state index in [-0.39, 0.29) is 23.1 Å². The Hall–Kier alpha value is -3.33. The molecule has 1 aliphatic rings. The number of nitrogens with one attached hydrogen (secondary N) is 1. The maximum Gasteiger partial charge on any atom is 0.262 e. The van der Waals surface area contributed by atoms with Crippen molar-refractivity contribution in [3.63, 3.8) is 0 Å². The first-order valence-electron chi connectivity index (χ1n) is 8.91. The first kappa shape index (κ1) is 18.5. The number of aromatic carboxylic acids is 1. The van der Waals surface area contributed by atoms with Gasteiger partial charge in [0.25, 0.3) is 5.91 Å². The minimum atomic E-state index is -1.24. The standard InChI is InChI=1S/C21H20N2O4/c22-13-16(20(24)23-17-4-2-1-3-5-17)12-18-10-11-19(27-18)14-6-8-15(9-7-14)21(25)26/h6-12,17H,1-5H2,(H,23,24)(H,25,26)/p-1/b16-12+. The zero-order chi connectivity index (χ0) is 19.2. The number of hydrogen-bond acceptors (Lipinski definition) is 5. The zero-order valence-corrected chi connectivity index (χ0v) is 14.7. The minimum Gasteiger partial charge on any atom is -0.545 e. The Bertz CT molecular complexity index is 897. The van der Waals surface area contributed by atoms with Crippen LogP contribution in [0.4, 0.5) is 0 Å².